The Morgan fingerprint density at radius 3 is 2.64 bits per heavy atom. The van der Waals surface area contributed by atoms with Crippen molar-refractivity contribution in [1.29, 1.82) is 0 Å². The number of hydrogen-bond acceptors (Lipinski definition) is 3. The average Bonchev–Trinajstić information content (AvgIpc) is 2.18. The third kappa shape index (κ3) is 2.88. The second-order valence-electron chi connectivity index (χ2n) is 2.57. The van der Waals surface area contributed by atoms with E-state index in [-0.39, 0.29) is 12.6 Å². The Morgan fingerprint density at radius 1 is 1.21 bits per heavy atom. The first-order valence-corrected chi connectivity index (χ1v) is 4.32. The van der Waals surface area contributed by atoms with Crippen molar-refractivity contribution in [3.05, 3.63) is 24.0 Å². The van der Waals surface area contributed by atoms with Crippen molar-refractivity contribution >= 4 is 0 Å². The van der Waals surface area contributed by atoms with Gasteiger partial charge in [0.25, 0.3) is 0 Å². The predicted octanol–water partition coefficient (Wildman–Crippen LogP) is 2.21. The van der Waals surface area contributed by atoms with Crippen LogP contribution in [0.15, 0.2) is 18.2 Å². The van der Waals surface area contributed by atoms with Crippen LogP contribution in [0.3, 0.4) is 0 Å². The molecule has 0 bridgehead atoms. The van der Waals surface area contributed by atoms with E-state index >= 15 is 0 Å². The molecule has 0 spiro atoms. The summed E-state index contributed by atoms with van der Waals surface area (Å²) in [6.07, 6.45) is 0. The maximum Gasteiger partial charge on any atom is 0.188 e. The van der Waals surface area contributed by atoms with E-state index in [4.69, 9.17) is 14.2 Å². The minimum Gasteiger partial charge on any atom is -0.490 e. The molecule has 1 rings (SSSR count). The van der Waals surface area contributed by atoms with Crippen LogP contribution in [0.4, 0.5) is 4.39 Å². The molecule has 0 aliphatic heterocycles. The molecule has 0 aliphatic rings. The largest absolute Gasteiger partial charge is 0.490 e. The Morgan fingerprint density at radius 2 is 2.00 bits per heavy atom. The van der Waals surface area contributed by atoms with Crippen LogP contribution in [0.25, 0.3) is 0 Å². The summed E-state index contributed by atoms with van der Waals surface area (Å²) >= 11 is 0. The molecule has 0 saturated carbocycles. The van der Waals surface area contributed by atoms with E-state index in [1.165, 1.54) is 25.3 Å². The van der Waals surface area contributed by atoms with E-state index in [1.807, 2.05) is 6.92 Å². The van der Waals surface area contributed by atoms with E-state index in [0.717, 1.165) is 0 Å². The summed E-state index contributed by atoms with van der Waals surface area (Å²) in [4.78, 5) is 0. The van der Waals surface area contributed by atoms with Gasteiger partial charge in [-0.1, -0.05) is 0 Å². The molecule has 0 aliphatic carbocycles. The van der Waals surface area contributed by atoms with E-state index in [0.29, 0.717) is 18.1 Å². The van der Waals surface area contributed by atoms with Crippen LogP contribution < -0.4 is 9.47 Å². The summed E-state index contributed by atoms with van der Waals surface area (Å²) in [5.74, 6) is 0.513. The Labute approximate surface area is 82.4 Å². The van der Waals surface area contributed by atoms with E-state index in [2.05, 4.69) is 0 Å². The molecule has 0 heterocycles. The number of ether oxygens (including phenoxy) is 3. The lowest BCUT2D eigenvalue weighted by atomic mass is 10.3. The highest BCUT2D eigenvalue weighted by molar-refractivity contribution is 5.39. The van der Waals surface area contributed by atoms with Crippen molar-refractivity contribution in [1.82, 2.24) is 0 Å². The number of rotatable bonds is 5. The van der Waals surface area contributed by atoms with Gasteiger partial charge in [0.15, 0.2) is 18.3 Å². The second-order valence-corrected chi connectivity index (χ2v) is 2.57. The second kappa shape index (κ2) is 5.44. The van der Waals surface area contributed by atoms with Crippen LogP contribution in [-0.2, 0) is 4.74 Å². The van der Waals surface area contributed by atoms with Crippen molar-refractivity contribution in [3.63, 3.8) is 0 Å². The van der Waals surface area contributed by atoms with Gasteiger partial charge in [0, 0.05) is 13.2 Å². The fraction of sp³-hybridized carbons (Fsp3) is 0.400. The molecule has 1 aromatic carbocycles. The number of methoxy groups -OCH3 is 1. The van der Waals surface area contributed by atoms with Gasteiger partial charge in [-0.15, -0.1) is 0 Å². The molecule has 0 atom stereocenters. The molecular formula is C10H13FO3. The highest BCUT2D eigenvalue weighted by Crippen LogP contribution is 2.27. The van der Waals surface area contributed by atoms with Crippen LogP contribution in [0.2, 0.25) is 0 Å². The normalized spacial score (nSPS) is 9.93. The molecular weight excluding hydrogens is 187 g/mol. The Bertz CT molecular complexity index is 289. The summed E-state index contributed by atoms with van der Waals surface area (Å²) in [7, 11) is 1.50. The summed E-state index contributed by atoms with van der Waals surface area (Å²) < 4.78 is 27.9. The Balaban J connectivity index is 2.79. The molecule has 0 aromatic heterocycles. The molecule has 0 amide bonds. The lowest BCUT2D eigenvalue weighted by Gasteiger charge is -2.10. The van der Waals surface area contributed by atoms with Gasteiger partial charge >= 0.3 is 0 Å². The number of hydrogen-bond donors (Lipinski definition) is 0. The van der Waals surface area contributed by atoms with E-state index < -0.39 is 0 Å². The molecule has 78 valence electrons. The van der Waals surface area contributed by atoms with Gasteiger partial charge in [0.1, 0.15) is 5.82 Å². The third-order valence-electron chi connectivity index (χ3n) is 1.54. The van der Waals surface area contributed by atoms with E-state index in [1.54, 1.807) is 0 Å². The van der Waals surface area contributed by atoms with Gasteiger partial charge in [-0.25, -0.2) is 4.39 Å². The van der Waals surface area contributed by atoms with Crippen LogP contribution >= 0.6 is 0 Å². The zero-order valence-corrected chi connectivity index (χ0v) is 8.25. The number of halogens is 1. The summed E-state index contributed by atoms with van der Waals surface area (Å²) in [6.45, 7) is 2.43. The maximum absolute atomic E-state index is 12.8. The van der Waals surface area contributed by atoms with Gasteiger partial charge < -0.3 is 14.2 Å². The van der Waals surface area contributed by atoms with Crippen LogP contribution in [0, 0.1) is 5.82 Å². The van der Waals surface area contributed by atoms with Gasteiger partial charge in [0.2, 0.25) is 0 Å². The van der Waals surface area contributed by atoms with Crippen molar-refractivity contribution < 1.29 is 18.6 Å². The molecule has 1 aromatic rings. The first kappa shape index (κ1) is 10.8. The summed E-state index contributed by atoms with van der Waals surface area (Å²) in [6, 6.07) is 4.12. The highest BCUT2D eigenvalue weighted by atomic mass is 19.1. The lowest BCUT2D eigenvalue weighted by Crippen LogP contribution is -2.02. The highest BCUT2D eigenvalue weighted by Gasteiger charge is 2.05. The third-order valence-corrected chi connectivity index (χ3v) is 1.54. The lowest BCUT2D eigenvalue weighted by molar-refractivity contribution is 0.0485. The van der Waals surface area contributed by atoms with Crippen LogP contribution in [0.1, 0.15) is 6.92 Å². The van der Waals surface area contributed by atoms with Crippen molar-refractivity contribution in [2.45, 2.75) is 6.92 Å². The quantitative estimate of drug-likeness (QED) is 0.682. The van der Waals surface area contributed by atoms with Gasteiger partial charge in [0.05, 0.1) is 6.61 Å². The minimum atomic E-state index is -0.362. The Hall–Kier alpha value is -1.29. The monoisotopic (exact) mass is 200 g/mol. The smallest absolute Gasteiger partial charge is 0.188 e. The van der Waals surface area contributed by atoms with Crippen molar-refractivity contribution in [2.24, 2.45) is 0 Å². The molecule has 0 N–H and O–H groups in total. The molecule has 0 unspecified atom stereocenters. The fourth-order valence-electron chi connectivity index (χ4n) is 0.992. The predicted molar refractivity (Wildman–Crippen MR) is 50.1 cm³/mol. The molecule has 0 saturated heterocycles. The zero-order valence-electron chi connectivity index (χ0n) is 8.25. The maximum atomic E-state index is 12.8. The van der Waals surface area contributed by atoms with Crippen molar-refractivity contribution in [3.8, 4) is 11.5 Å². The minimum absolute atomic E-state index is 0.0729. The average molecular weight is 200 g/mol. The fourth-order valence-corrected chi connectivity index (χ4v) is 0.992. The molecule has 3 nitrogen and oxygen atoms in total. The number of benzene rings is 1. The summed E-state index contributed by atoms with van der Waals surface area (Å²) in [5.41, 5.74) is 0. The van der Waals surface area contributed by atoms with Crippen LogP contribution in [-0.4, -0.2) is 20.5 Å². The first-order valence-electron chi connectivity index (χ1n) is 4.32. The standard InChI is InChI=1S/C10H13FO3/c1-3-13-9-5-4-8(11)6-10(9)14-7-12-2/h4-6H,3,7H2,1-2H3. The van der Waals surface area contributed by atoms with Gasteiger partial charge in [-0.3, -0.25) is 0 Å². The van der Waals surface area contributed by atoms with E-state index in [9.17, 15) is 4.39 Å². The summed E-state index contributed by atoms with van der Waals surface area (Å²) in [5, 5.41) is 0. The van der Waals surface area contributed by atoms with Crippen molar-refractivity contribution in [2.75, 3.05) is 20.5 Å². The SMILES string of the molecule is CCOc1ccc(F)cc1OCOC. The topological polar surface area (TPSA) is 27.7 Å². The zero-order chi connectivity index (χ0) is 10.4. The van der Waals surface area contributed by atoms with Gasteiger partial charge in [-0.05, 0) is 19.1 Å². The molecule has 0 fully saturated rings. The first-order chi connectivity index (χ1) is 6.77. The van der Waals surface area contributed by atoms with Crippen LogP contribution in [0.5, 0.6) is 11.5 Å². The Kier molecular flexibility index (Phi) is 4.19. The molecule has 14 heavy (non-hydrogen) atoms. The van der Waals surface area contributed by atoms with Gasteiger partial charge in [-0.2, -0.15) is 0 Å². The molecule has 0 radical (unpaired) electrons. The molecule has 4 heteroatoms.